The van der Waals surface area contributed by atoms with Crippen molar-refractivity contribution in [3.8, 4) is 17.2 Å². The van der Waals surface area contributed by atoms with Gasteiger partial charge in [0.25, 0.3) is 0 Å². The smallest absolute Gasteiger partial charge is 0.245 e. The normalized spacial score (nSPS) is 21.9. The lowest BCUT2D eigenvalue weighted by Gasteiger charge is -2.29. The second kappa shape index (κ2) is 12.1. The van der Waals surface area contributed by atoms with Crippen LogP contribution in [0.5, 0.6) is 17.2 Å². The Bertz CT molecular complexity index is 1010. The van der Waals surface area contributed by atoms with Gasteiger partial charge in [-0.3, -0.25) is 14.4 Å². The van der Waals surface area contributed by atoms with Gasteiger partial charge < -0.3 is 39.8 Å². The van der Waals surface area contributed by atoms with Crippen LogP contribution in [-0.4, -0.2) is 86.6 Å². The molecule has 0 radical (unpaired) electrons. The monoisotopic (exact) mass is 522 g/mol. The summed E-state index contributed by atoms with van der Waals surface area (Å²) in [5.74, 6) is -0.275. The molecule has 0 saturated carbocycles. The van der Waals surface area contributed by atoms with Crippen molar-refractivity contribution in [1.29, 1.82) is 0 Å². The SMILES string of the molecule is COc1cc2c(c(OC)c1OC)CC[C@H](C(=O)N[C@@H](CO)C(=O)N[C@@H](CC(C)C)C(=O)[C@@]1(CO)CO1)C2. The van der Waals surface area contributed by atoms with Crippen molar-refractivity contribution >= 4 is 17.6 Å². The Kier molecular flexibility index (Phi) is 9.38. The van der Waals surface area contributed by atoms with Crippen LogP contribution >= 0.6 is 0 Å². The van der Waals surface area contributed by atoms with Crippen LogP contribution in [0.1, 0.15) is 37.8 Å². The molecule has 1 aromatic rings. The molecule has 206 valence electrons. The second-order valence-corrected chi connectivity index (χ2v) is 9.96. The van der Waals surface area contributed by atoms with E-state index >= 15 is 0 Å². The molecule has 1 aliphatic carbocycles. The molecular weight excluding hydrogens is 484 g/mol. The van der Waals surface area contributed by atoms with Gasteiger partial charge in [0.1, 0.15) is 6.04 Å². The summed E-state index contributed by atoms with van der Waals surface area (Å²) in [4.78, 5) is 39.0. The summed E-state index contributed by atoms with van der Waals surface area (Å²) in [7, 11) is 4.61. The summed E-state index contributed by atoms with van der Waals surface area (Å²) < 4.78 is 21.6. The molecule has 0 unspecified atom stereocenters. The first-order chi connectivity index (χ1) is 17.6. The molecule has 2 aliphatic rings. The molecule has 11 nitrogen and oxygen atoms in total. The Morgan fingerprint density at radius 2 is 1.76 bits per heavy atom. The van der Waals surface area contributed by atoms with Gasteiger partial charge in [-0.25, -0.2) is 0 Å². The van der Waals surface area contributed by atoms with Crippen LogP contribution in [-0.2, 0) is 32.0 Å². The molecule has 1 saturated heterocycles. The minimum atomic E-state index is -1.29. The van der Waals surface area contributed by atoms with E-state index in [2.05, 4.69) is 10.6 Å². The van der Waals surface area contributed by atoms with Crippen LogP contribution in [0.3, 0.4) is 0 Å². The lowest BCUT2D eigenvalue weighted by atomic mass is 9.82. The van der Waals surface area contributed by atoms with Gasteiger partial charge in [0, 0.05) is 11.5 Å². The number of carbonyl (C=O) groups excluding carboxylic acids is 3. The minimum Gasteiger partial charge on any atom is -0.493 e. The molecule has 4 N–H and O–H groups in total. The van der Waals surface area contributed by atoms with E-state index in [1.54, 1.807) is 7.11 Å². The number of aliphatic hydroxyl groups is 2. The third-order valence-corrected chi connectivity index (χ3v) is 6.96. The lowest BCUT2D eigenvalue weighted by molar-refractivity contribution is -0.135. The fourth-order valence-electron chi connectivity index (χ4n) is 4.81. The average Bonchev–Trinajstić information content (AvgIpc) is 3.70. The van der Waals surface area contributed by atoms with Gasteiger partial charge >= 0.3 is 0 Å². The van der Waals surface area contributed by atoms with E-state index in [1.807, 2.05) is 19.9 Å². The number of nitrogens with one attached hydrogen (secondary N) is 2. The van der Waals surface area contributed by atoms with E-state index in [0.717, 1.165) is 11.1 Å². The third-order valence-electron chi connectivity index (χ3n) is 6.96. The molecule has 0 aromatic heterocycles. The lowest BCUT2D eigenvalue weighted by Crippen LogP contribution is -2.56. The van der Waals surface area contributed by atoms with E-state index < -0.39 is 48.5 Å². The minimum absolute atomic E-state index is 0.0702. The Labute approximate surface area is 216 Å². The predicted molar refractivity (Wildman–Crippen MR) is 133 cm³/mol. The van der Waals surface area contributed by atoms with Gasteiger partial charge in [0.15, 0.2) is 22.9 Å². The highest BCUT2D eigenvalue weighted by Gasteiger charge is 2.54. The van der Waals surface area contributed by atoms with Gasteiger partial charge in [-0.1, -0.05) is 13.8 Å². The molecule has 37 heavy (non-hydrogen) atoms. The van der Waals surface area contributed by atoms with E-state index in [9.17, 15) is 24.6 Å². The molecule has 4 atom stereocenters. The molecule has 0 bridgehead atoms. The van der Waals surface area contributed by atoms with E-state index in [1.165, 1.54) is 14.2 Å². The highest BCUT2D eigenvalue weighted by molar-refractivity contribution is 5.98. The van der Waals surface area contributed by atoms with Gasteiger partial charge in [-0.2, -0.15) is 0 Å². The van der Waals surface area contributed by atoms with Gasteiger partial charge in [0.2, 0.25) is 17.6 Å². The highest BCUT2D eigenvalue weighted by Crippen LogP contribution is 2.45. The summed E-state index contributed by atoms with van der Waals surface area (Å²) in [5, 5.41) is 24.7. The molecule has 2 amide bonds. The van der Waals surface area contributed by atoms with E-state index in [0.29, 0.717) is 42.9 Å². The maximum absolute atomic E-state index is 13.1. The molecule has 0 spiro atoms. The fourth-order valence-corrected chi connectivity index (χ4v) is 4.81. The number of Topliss-reactive ketones (excluding diaryl/α,β-unsaturated/α-hetero) is 1. The van der Waals surface area contributed by atoms with Crippen LogP contribution in [0.15, 0.2) is 6.07 Å². The molecule has 3 rings (SSSR count). The standard InChI is InChI=1S/C26H38N2O9/c1-14(2)8-18(23(31)26(12-30)13-37-26)27-25(33)19(11-29)28-24(32)15-6-7-17-16(9-15)10-20(34-3)22(36-5)21(17)35-4/h10,14-15,18-19,29-30H,6-9,11-13H2,1-5H3,(H,27,33)(H,28,32)/t15-,18-,19-,26+/m0/s1. The zero-order valence-corrected chi connectivity index (χ0v) is 22.1. The average molecular weight is 523 g/mol. The first-order valence-corrected chi connectivity index (χ1v) is 12.5. The Balaban J connectivity index is 1.70. The molecule has 1 heterocycles. The molecule has 11 heteroatoms. The van der Waals surface area contributed by atoms with Crippen molar-refractivity contribution in [2.45, 2.75) is 57.2 Å². The highest BCUT2D eigenvalue weighted by atomic mass is 16.6. The van der Waals surface area contributed by atoms with E-state index in [-0.39, 0.29) is 18.4 Å². The number of ether oxygens (including phenoxy) is 4. The number of carbonyl (C=O) groups is 3. The van der Waals surface area contributed by atoms with Crippen molar-refractivity contribution in [3.63, 3.8) is 0 Å². The quantitative estimate of drug-likeness (QED) is 0.265. The number of amides is 2. The van der Waals surface area contributed by atoms with Crippen molar-refractivity contribution in [2.24, 2.45) is 11.8 Å². The zero-order chi connectivity index (χ0) is 27.3. The molecular formula is C26H38N2O9. The van der Waals surface area contributed by atoms with Crippen LogP contribution < -0.4 is 24.8 Å². The van der Waals surface area contributed by atoms with Crippen molar-refractivity contribution < 1.29 is 43.5 Å². The number of rotatable bonds is 13. The number of benzene rings is 1. The first kappa shape index (κ1) is 28.7. The topological polar surface area (TPSA) is 156 Å². The van der Waals surface area contributed by atoms with Crippen molar-refractivity contribution in [2.75, 3.05) is 41.2 Å². The van der Waals surface area contributed by atoms with Gasteiger partial charge in [-0.15, -0.1) is 0 Å². The number of fused-ring (bicyclic) bond motifs is 1. The van der Waals surface area contributed by atoms with Gasteiger partial charge in [-0.05, 0) is 43.2 Å². The number of hydrogen-bond donors (Lipinski definition) is 4. The number of ketones is 1. The fraction of sp³-hybridized carbons (Fsp3) is 0.654. The Morgan fingerprint density at radius 1 is 1.08 bits per heavy atom. The van der Waals surface area contributed by atoms with Crippen molar-refractivity contribution in [1.82, 2.24) is 10.6 Å². The largest absolute Gasteiger partial charge is 0.493 e. The summed E-state index contributed by atoms with van der Waals surface area (Å²) in [5.41, 5.74) is 0.536. The van der Waals surface area contributed by atoms with Crippen molar-refractivity contribution in [3.05, 3.63) is 17.2 Å². The summed E-state index contributed by atoms with van der Waals surface area (Å²) >= 11 is 0. The van der Waals surface area contributed by atoms with Gasteiger partial charge in [0.05, 0.1) is 47.2 Å². The first-order valence-electron chi connectivity index (χ1n) is 12.5. The Hall–Kier alpha value is -2.89. The zero-order valence-electron chi connectivity index (χ0n) is 22.1. The number of hydrogen-bond acceptors (Lipinski definition) is 9. The maximum atomic E-state index is 13.1. The Morgan fingerprint density at radius 3 is 2.27 bits per heavy atom. The molecule has 1 aliphatic heterocycles. The summed E-state index contributed by atoms with van der Waals surface area (Å²) in [6.07, 6.45) is 1.78. The van der Waals surface area contributed by atoms with Crippen LogP contribution in [0, 0.1) is 11.8 Å². The summed E-state index contributed by atoms with van der Waals surface area (Å²) in [6.45, 7) is 2.79. The number of epoxide rings is 1. The second-order valence-electron chi connectivity index (χ2n) is 9.96. The maximum Gasteiger partial charge on any atom is 0.245 e. The third kappa shape index (κ3) is 6.16. The number of aliphatic hydroxyl groups excluding tert-OH is 2. The molecule has 1 aromatic carbocycles. The van der Waals surface area contributed by atoms with Crippen LogP contribution in [0.2, 0.25) is 0 Å². The summed E-state index contributed by atoms with van der Waals surface area (Å²) in [6, 6.07) is -0.322. The van der Waals surface area contributed by atoms with Crippen LogP contribution in [0.25, 0.3) is 0 Å². The number of methoxy groups -OCH3 is 3. The van der Waals surface area contributed by atoms with E-state index in [4.69, 9.17) is 18.9 Å². The van der Waals surface area contributed by atoms with Crippen LogP contribution in [0.4, 0.5) is 0 Å². The predicted octanol–water partition coefficient (Wildman–Crippen LogP) is 0.156. The molecule has 1 fully saturated rings.